The zero-order valence-corrected chi connectivity index (χ0v) is 14.3. The lowest BCUT2D eigenvalue weighted by Gasteiger charge is -2.23. The summed E-state index contributed by atoms with van der Waals surface area (Å²) in [6.45, 7) is -0.254. The SMILES string of the molecule is O=C(NC(CN1C(=O)COC1=O)c1ccccc1)c1ccc2cc[nH]c2c1. The molecule has 27 heavy (non-hydrogen) atoms. The Morgan fingerprint density at radius 2 is 1.96 bits per heavy atom. The number of H-pyrrole nitrogens is 1. The van der Waals surface area contributed by atoms with Gasteiger partial charge in [0.2, 0.25) is 0 Å². The number of nitrogens with one attached hydrogen (secondary N) is 2. The Labute approximate surface area is 154 Å². The van der Waals surface area contributed by atoms with Gasteiger partial charge in [0.05, 0.1) is 12.6 Å². The first-order valence-electron chi connectivity index (χ1n) is 8.52. The molecule has 3 aromatic rings. The number of rotatable bonds is 5. The zero-order chi connectivity index (χ0) is 18.8. The number of cyclic esters (lactones) is 1. The molecular weight excluding hydrogens is 346 g/mol. The Balaban J connectivity index is 1.59. The number of hydrogen-bond acceptors (Lipinski definition) is 4. The van der Waals surface area contributed by atoms with E-state index in [1.165, 1.54) is 0 Å². The molecule has 1 aromatic heterocycles. The topological polar surface area (TPSA) is 91.5 Å². The summed E-state index contributed by atoms with van der Waals surface area (Å²) in [6.07, 6.45) is 1.12. The van der Waals surface area contributed by atoms with E-state index in [9.17, 15) is 14.4 Å². The number of ether oxygens (including phenoxy) is 1. The predicted octanol–water partition coefficient (Wildman–Crippen LogP) is 2.62. The summed E-state index contributed by atoms with van der Waals surface area (Å²) < 4.78 is 4.76. The smallest absolute Gasteiger partial charge is 0.417 e. The molecule has 2 aromatic carbocycles. The first kappa shape index (κ1) is 16.8. The van der Waals surface area contributed by atoms with Gasteiger partial charge in [-0.2, -0.15) is 0 Å². The molecule has 1 aliphatic rings. The lowest BCUT2D eigenvalue weighted by Crippen LogP contribution is -2.40. The van der Waals surface area contributed by atoms with Crippen molar-refractivity contribution in [3.05, 3.63) is 71.9 Å². The molecule has 0 spiro atoms. The summed E-state index contributed by atoms with van der Waals surface area (Å²) in [4.78, 5) is 40.6. The van der Waals surface area contributed by atoms with Crippen LogP contribution in [0.25, 0.3) is 10.9 Å². The van der Waals surface area contributed by atoms with Gasteiger partial charge in [-0.15, -0.1) is 0 Å². The zero-order valence-electron chi connectivity index (χ0n) is 14.3. The molecule has 0 aliphatic carbocycles. The number of hydrogen-bond donors (Lipinski definition) is 2. The minimum Gasteiger partial charge on any atom is -0.439 e. The van der Waals surface area contributed by atoms with Gasteiger partial charge in [-0.3, -0.25) is 9.59 Å². The van der Waals surface area contributed by atoms with Gasteiger partial charge in [-0.1, -0.05) is 36.4 Å². The molecule has 1 aliphatic heterocycles. The molecule has 7 heteroatoms. The fourth-order valence-corrected chi connectivity index (χ4v) is 3.09. The third-order valence-electron chi connectivity index (χ3n) is 4.53. The standard InChI is InChI=1S/C20H17N3O4/c24-18-12-27-20(26)23(18)11-17(13-4-2-1-3-5-13)22-19(25)15-7-6-14-8-9-21-16(14)10-15/h1-10,17,21H,11-12H2,(H,22,25). The lowest BCUT2D eigenvalue weighted by molar-refractivity contribution is -0.126. The quantitative estimate of drug-likeness (QED) is 0.729. The summed E-state index contributed by atoms with van der Waals surface area (Å²) in [5, 5.41) is 3.93. The van der Waals surface area contributed by atoms with E-state index >= 15 is 0 Å². The molecule has 1 fully saturated rings. The van der Waals surface area contributed by atoms with Gasteiger partial charge in [0.15, 0.2) is 6.61 Å². The predicted molar refractivity (Wildman–Crippen MR) is 98.0 cm³/mol. The van der Waals surface area contributed by atoms with E-state index in [2.05, 4.69) is 10.3 Å². The van der Waals surface area contributed by atoms with Crippen molar-refractivity contribution in [3.63, 3.8) is 0 Å². The van der Waals surface area contributed by atoms with Crippen LogP contribution in [-0.4, -0.2) is 40.9 Å². The first-order chi connectivity index (χ1) is 13.1. The van der Waals surface area contributed by atoms with Crippen LogP contribution in [0, 0.1) is 0 Å². The number of nitrogens with zero attached hydrogens (tertiary/aromatic N) is 1. The molecule has 0 radical (unpaired) electrons. The minimum atomic E-state index is -0.692. The molecular formula is C20H17N3O4. The number of carbonyl (C=O) groups excluding carboxylic acids is 3. The average Bonchev–Trinajstić information content (AvgIpc) is 3.28. The highest BCUT2D eigenvalue weighted by Crippen LogP contribution is 2.19. The second-order valence-corrected chi connectivity index (χ2v) is 6.28. The fraction of sp³-hybridized carbons (Fsp3) is 0.150. The summed E-state index contributed by atoms with van der Waals surface area (Å²) >= 11 is 0. The third kappa shape index (κ3) is 3.39. The molecule has 2 heterocycles. The van der Waals surface area contributed by atoms with Crippen molar-refractivity contribution in [3.8, 4) is 0 Å². The van der Waals surface area contributed by atoms with Gasteiger partial charge >= 0.3 is 6.09 Å². The van der Waals surface area contributed by atoms with E-state index in [1.807, 2.05) is 48.7 Å². The molecule has 3 amide bonds. The number of benzene rings is 2. The van der Waals surface area contributed by atoms with Gasteiger partial charge in [-0.25, -0.2) is 9.69 Å². The number of imide groups is 1. The molecule has 7 nitrogen and oxygen atoms in total. The number of fused-ring (bicyclic) bond motifs is 1. The van der Waals surface area contributed by atoms with Crippen molar-refractivity contribution in [2.75, 3.05) is 13.2 Å². The van der Waals surface area contributed by atoms with Gasteiger partial charge in [0.1, 0.15) is 0 Å². The maximum absolute atomic E-state index is 12.8. The Hall–Kier alpha value is -3.61. The molecule has 1 atom stereocenters. The first-order valence-corrected chi connectivity index (χ1v) is 8.52. The highest BCUT2D eigenvalue weighted by atomic mass is 16.6. The molecule has 1 saturated heterocycles. The van der Waals surface area contributed by atoms with E-state index < -0.39 is 18.0 Å². The van der Waals surface area contributed by atoms with Crippen molar-refractivity contribution >= 4 is 28.8 Å². The van der Waals surface area contributed by atoms with Crippen LogP contribution in [0.1, 0.15) is 22.0 Å². The van der Waals surface area contributed by atoms with E-state index in [-0.39, 0.29) is 19.1 Å². The Bertz CT molecular complexity index is 996. The highest BCUT2D eigenvalue weighted by molar-refractivity contribution is 5.99. The molecule has 4 rings (SSSR count). The van der Waals surface area contributed by atoms with Gasteiger partial charge in [-0.05, 0) is 29.1 Å². The lowest BCUT2D eigenvalue weighted by atomic mass is 10.1. The van der Waals surface area contributed by atoms with Crippen LogP contribution in [-0.2, 0) is 9.53 Å². The van der Waals surface area contributed by atoms with E-state index in [1.54, 1.807) is 12.1 Å². The number of aromatic amines is 1. The number of amides is 3. The fourth-order valence-electron chi connectivity index (χ4n) is 3.09. The van der Waals surface area contributed by atoms with Crippen LogP contribution >= 0.6 is 0 Å². The maximum Gasteiger partial charge on any atom is 0.417 e. The second kappa shape index (κ2) is 6.95. The second-order valence-electron chi connectivity index (χ2n) is 6.28. The Kier molecular flexibility index (Phi) is 4.33. The largest absolute Gasteiger partial charge is 0.439 e. The van der Waals surface area contributed by atoms with Crippen LogP contribution in [0.5, 0.6) is 0 Å². The van der Waals surface area contributed by atoms with Crippen molar-refractivity contribution in [2.45, 2.75) is 6.04 Å². The van der Waals surface area contributed by atoms with E-state index in [0.29, 0.717) is 5.56 Å². The van der Waals surface area contributed by atoms with Gasteiger partial charge in [0, 0.05) is 17.3 Å². The molecule has 0 bridgehead atoms. The number of aromatic nitrogens is 1. The third-order valence-corrected chi connectivity index (χ3v) is 4.53. The molecule has 2 N–H and O–H groups in total. The monoisotopic (exact) mass is 363 g/mol. The summed E-state index contributed by atoms with van der Waals surface area (Å²) in [6, 6.07) is 16.0. The average molecular weight is 363 g/mol. The normalized spacial score (nSPS) is 15.0. The van der Waals surface area contributed by atoms with Crippen LogP contribution in [0.3, 0.4) is 0 Å². The van der Waals surface area contributed by atoms with Crippen LogP contribution < -0.4 is 5.32 Å². The van der Waals surface area contributed by atoms with Crippen molar-refractivity contribution in [1.29, 1.82) is 0 Å². The Morgan fingerprint density at radius 1 is 1.15 bits per heavy atom. The molecule has 0 saturated carbocycles. The highest BCUT2D eigenvalue weighted by Gasteiger charge is 2.33. The summed E-state index contributed by atoms with van der Waals surface area (Å²) in [5.41, 5.74) is 2.14. The van der Waals surface area contributed by atoms with Crippen molar-refractivity contribution < 1.29 is 19.1 Å². The maximum atomic E-state index is 12.8. The van der Waals surface area contributed by atoms with Crippen molar-refractivity contribution in [2.24, 2.45) is 0 Å². The van der Waals surface area contributed by atoms with E-state index in [0.717, 1.165) is 21.4 Å². The van der Waals surface area contributed by atoms with Gasteiger partial charge in [0.25, 0.3) is 11.8 Å². The molecule has 136 valence electrons. The van der Waals surface area contributed by atoms with Gasteiger partial charge < -0.3 is 15.0 Å². The summed E-state index contributed by atoms with van der Waals surface area (Å²) in [7, 11) is 0. The van der Waals surface area contributed by atoms with Crippen LogP contribution in [0.4, 0.5) is 4.79 Å². The van der Waals surface area contributed by atoms with Crippen LogP contribution in [0.2, 0.25) is 0 Å². The molecule has 1 unspecified atom stereocenters. The van der Waals surface area contributed by atoms with E-state index in [4.69, 9.17) is 4.74 Å². The number of carbonyl (C=O) groups is 3. The minimum absolute atomic E-state index is 0.0121. The van der Waals surface area contributed by atoms with Crippen LogP contribution in [0.15, 0.2) is 60.8 Å². The Morgan fingerprint density at radius 3 is 2.70 bits per heavy atom. The summed E-state index contributed by atoms with van der Waals surface area (Å²) in [5.74, 6) is -0.705. The van der Waals surface area contributed by atoms with Crippen molar-refractivity contribution in [1.82, 2.24) is 15.2 Å².